The zero-order valence-corrected chi connectivity index (χ0v) is 14.1. The van der Waals surface area contributed by atoms with Crippen molar-refractivity contribution in [2.75, 3.05) is 13.7 Å². The standard InChI is InChI=1S/C18H23N3O3/c1-14(8-9-15-6-4-3-5-7-15)19-18(23)16-10-11-17(22)21(20-16)12-13-24-2/h3-7,10-11,14H,8-9,12-13H2,1-2H3,(H,19,23). The van der Waals surface area contributed by atoms with Crippen LogP contribution in [0.2, 0.25) is 0 Å². The highest BCUT2D eigenvalue weighted by molar-refractivity contribution is 5.92. The minimum absolute atomic E-state index is 0.0128. The molecule has 1 amide bonds. The lowest BCUT2D eigenvalue weighted by atomic mass is 10.1. The maximum atomic E-state index is 12.3. The van der Waals surface area contributed by atoms with Crippen molar-refractivity contribution in [2.45, 2.75) is 32.4 Å². The number of carbonyl (C=O) groups is 1. The van der Waals surface area contributed by atoms with E-state index in [1.165, 1.54) is 22.4 Å². The fourth-order valence-electron chi connectivity index (χ4n) is 2.31. The molecule has 0 aliphatic carbocycles. The molecule has 0 spiro atoms. The van der Waals surface area contributed by atoms with Crippen LogP contribution in [-0.4, -0.2) is 35.4 Å². The monoisotopic (exact) mass is 329 g/mol. The van der Waals surface area contributed by atoms with E-state index in [2.05, 4.69) is 22.5 Å². The molecule has 6 heteroatoms. The average molecular weight is 329 g/mol. The Morgan fingerprint density at radius 2 is 2.00 bits per heavy atom. The second-order valence-electron chi connectivity index (χ2n) is 5.67. The van der Waals surface area contributed by atoms with Crippen LogP contribution in [0.25, 0.3) is 0 Å². The summed E-state index contributed by atoms with van der Waals surface area (Å²) in [5.74, 6) is -0.276. The molecule has 0 saturated heterocycles. The molecule has 0 fully saturated rings. The fraction of sp³-hybridized carbons (Fsp3) is 0.389. The largest absolute Gasteiger partial charge is 0.383 e. The summed E-state index contributed by atoms with van der Waals surface area (Å²) in [5, 5.41) is 7.01. The van der Waals surface area contributed by atoms with Crippen LogP contribution >= 0.6 is 0 Å². The quantitative estimate of drug-likeness (QED) is 0.799. The Morgan fingerprint density at radius 1 is 1.25 bits per heavy atom. The van der Waals surface area contributed by atoms with Crippen LogP contribution in [0.4, 0.5) is 0 Å². The van der Waals surface area contributed by atoms with E-state index < -0.39 is 0 Å². The van der Waals surface area contributed by atoms with Gasteiger partial charge in [-0.2, -0.15) is 5.10 Å². The maximum Gasteiger partial charge on any atom is 0.271 e. The number of methoxy groups -OCH3 is 1. The van der Waals surface area contributed by atoms with Gasteiger partial charge in [0.25, 0.3) is 11.5 Å². The Bertz CT molecular complexity index is 713. The lowest BCUT2D eigenvalue weighted by molar-refractivity contribution is 0.0929. The predicted molar refractivity (Wildman–Crippen MR) is 92.1 cm³/mol. The lowest BCUT2D eigenvalue weighted by Crippen LogP contribution is -2.35. The minimum Gasteiger partial charge on any atom is -0.383 e. The number of aryl methyl sites for hydroxylation is 1. The van der Waals surface area contributed by atoms with Gasteiger partial charge in [-0.3, -0.25) is 9.59 Å². The summed E-state index contributed by atoms with van der Waals surface area (Å²) in [5.41, 5.74) is 1.22. The van der Waals surface area contributed by atoms with Crippen LogP contribution in [-0.2, 0) is 17.7 Å². The smallest absolute Gasteiger partial charge is 0.271 e. The van der Waals surface area contributed by atoms with E-state index in [-0.39, 0.29) is 23.2 Å². The molecule has 1 aromatic carbocycles. The first-order valence-electron chi connectivity index (χ1n) is 8.02. The third kappa shape index (κ3) is 5.31. The molecule has 0 aliphatic rings. The Hall–Kier alpha value is -2.47. The normalized spacial score (nSPS) is 11.9. The Kier molecular flexibility index (Phi) is 6.69. The first-order valence-corrected chi connectivity index (χ1v) is 8.02. The van der Waals surface area contributed by atoms with Gasteiger partial charge in [-0.05, 0) is 31.4 Å². The highest BCUT2D eigenvalue weighted by Crippen LogP contribution is 2.05. The van der Waals surface area contributed by atoms with Crippen molar-refractivity contribution in [3.8, 4) is 0 Å². The summed E-state index contributed by atoms with van der Waals surface area (Å²) in [6.45, 7) is 2.65. The maximum absolute atomic E-state index is 12.3. The molecular weight excluding hydrogens is 306 g/mol. The van der Waals surface area contributed by atoms with Gasteiger partial charge in [0, 0.05) is 19.2 Å². The van der Waals surface area contributed by atoms with E-state index in [4.69, 9.17) is 4.74 Å². The molecule has 1 N–H and O–H groups in total. The van der Waals surface area contributed by atoms with E-state index >= 15 is 0 Å². The van der Waals surface area contributed by atoms with Gasteiger partial charge >= 0.3 is 0 Å². The van der Waals surface area contributed by atoms with Gasteiger partial charge in [-0.15, -0.1) is 0 Å². The van der Waals surface area contributed by atoms with Crippen LogP contribution in [0.1, 0.15) is 29.4 Å². The fourth-order valence-corrected chi connectivity index (χ4v) is 2.31. The van der Waals surface area contributed by atoms with Gasteiger partial charge in [-0.1, -0.05) is 30.3 Å². The molecule has 2 aromatic rings. The van der Waals surface area contributed by atoms with E-state index in [1.54, 1.807) is 7.11 Å². The van der Waals surface area contributed by atoms with Gasteiger partial charge in [0.2, 0.25) is 0 Å². The van der Waals surface area contributed by atoms with E-state index in [0.717, 1.165) is 12.8 Å². The number of carbonyl (C=O) groups excluding carboxylic acids is 1. The van der Waals surface area contributed by atoms with Crippen LogP contribution in [0.15, 0.2) is 47.3 Å². The zero-order chi connectivity index (χ0) is 17.4. The molecule has 0 bridgehead atoms. The van der Waals surface area contributed by atoms with Crippen molar-refractivity contribution in [3.05, 3.63) is 64.1 Å². The molecule has 24 heavy (non-hydrogen) atoms. The molecule has 6 nitrogen and oxygen atoms in total. The van der Waals surface area contributed by atoms with E-state index in [9.17, 15) is 9.59 Å². The second kappa shape index (κ2) is 8.98. The molecule has 0 saturated carbocycles. The first kappa shape index (κ1) is 17.9. The molecule has 1 aromatic heterocycles. The average Bonchev–Trinajstić information content (AvgIpc) is 2.60. The number of benzene rings is 1. The molecule has 2 rings (SSSR count). The van der Waals surface area contributed by atoms with Crippen molar-refractivity contribution in [1.29, 1.82) is 0 Å². The summed E-state index contributed by atoms with van der Waals surface area (Å²) in [6.07, 6.45) is 1.72. The van der Waals surface area contributed by atoms with Crippen molar-refractivity contribution in [1.82, 2.24) is 15.1 Å². The molecule has 0 aliphatic heterocycles. The molecular formula is C18H23N3O3. The first-order chi connectivity index (χ1) is 11.6. The van der Waals surface area contributed by atoms with Crippen molar-refractivity contribution < 1.29 is 9.53 Å². The van der Waals surface area contributed by atoms with Gasteiger partial charge < -0.3 is 10.1 Å². The molecule has 1 atom stereocenters. The summed E-state index contributed by atoms with van der Waals surface area (Å²) < 4.78 is 6.18. The van der Waals surface area contributed by atoms with Crippen LogP contribution in [0.3, 0.4) is 0 Å². The predicted octanol–water partition coefficient (Wildman–Crippen LogP) is 1.64. The Balaban J connectivity index is 1.92. The molecule has 1 heterocycles. The van der Waals surface area contributed by atoms with Crippen molar-refractivity contribution >= 4 is 5.91 Å². The molecule has 0 radical (unpaired) electrons. The highest BCUT2D eigenvalue weighted by Gasteiger charge is 2.12. The third-order valence-electron chi connectivity index (χ3n) is 3.69. The number of nitrogens with zero attached hydrogens (tertiary/aromatic N) is 2. The number of hydrogen-bond donors (Lipinski definition) is 1. The summed E-state index contributed by atoms with van der Waals surface area (Å²) in [6, 6.07) is 13.0. The highest BCUT2D eigenvalue weighted by atomic mass is 16.5. The van der Waals surface area contributed by atoms with Gasteiger partial charge in [-0.25, -0.2) is 4.68 Å². The topological polar surface area (TPSA) is 73.2 Å². The molecule has 128 valence electrons. The van der Waals surface area contributed by atoms with Crippen LogP contribution < -0.4 is 10.9 Å². The van der Waals surface area contributed by atoms with Crippen LogP contribution in [0, 0.1) is 0 Å². The number of aromatic nitrogens is 2. The van der Waals surface area contributed by atoms with Gasteiger partial charge in [0.15, 0.2) is 0 Å². The SMILES string of the molecule is COCCn1nc(C(=O)NC(C)CCc2ccccc2)ccc1=O. The summed E-state index contributed by atoms with van der Waals surface area (Å²) in [7, 11) is 1.55. The second-order valence-corrected chi connectivity index (χ2v) is 5.67. The van der Waals surface area contributed by atoms with Crippen molar-refractivity contribution in [2.24, 2.45) is 0 Å². The summed E-state index contributed by atoms with van der Waals surface area (Å²) >= 11 is 0. The van der Waals surface area contributed by atoms with Crippen molar-refractivity contribution in [3.63, 3.8) is 0 Å². The third-order valence-corrected chi connectivity index (χ3v) is 3.69. The number of ether oxygens (including phenoxy) is 1. The Labute approximate surface area is 141 Å². The molecule has 1 unspecified atom stereocenters. The van der Waals surface area contributed by atoms with Gasteiger partial charge in [0.1, 0.15) is 5.69 Å². The minimum atomic E-state index is -0.276. The number of hydrogen-bond acceptors (Lipinski definition) is 4. The zero-order valence-electron chi connectivity index (χ0n) is 14.1. The number of nitrogens with one attached hydrogen (secondary N) is 1. The Morgan fingerprint density at radius 3 is 2.71 bits per heavy atom. The van der Waals surface area contributed by atoms with Gasteiger partial charge in [0.05, 0.1) is 13.2 Å². The number of amides is 1. The van der Waals surface area contributed by atoms with Crippen LogP contribution in [0.5, 0.6) is 0 Å². The summed E-state index contributed by atoms with van der Waals surface area (Å²) in [4.78, 5) is 24.0. The number of rotatable bonds is 8. The van der Waals surface area contributed by atoms with E-state index in [0.29, 0.717) is 13.2 Å². The van der Waals surface area contributed by atoms with E-state index in [1.807, 2.05) is 25.1 Å². The lowest BCUT2D eigenvalue weighted by Gasteiger charge is -2.14.